The molecule has 0 radical (unpaired) electrons. The Morgan fingerprint density at radius 1 is 0.818 bits per heavy atom. The molecule has 0 aromatic heterocycles. The van der Waals surface area contributed by atoms with E-state index in [0.717, 1.165) is 45.2 Å². The molecule has 0 rings (SSSR count). The van der Waals surface area contributed by atoms with E-state index >= 15 is 0 Å². The van der Waals surface area contributed by atoms with Gasteiger partial charge in [0, 0.05) is 19.4 Å². The van der Waals surface area contributed by atoms with Crippen LogP contribution in [0.1, 0.15) is 91.4 Å². The number of nitrogens with one attached hydrogen (secondary N) is 1. The quantitative estimate of drug-likeness (QED) is 0.512. The lowest BCUT2D eigenvalue weighted by Gasteiger charge is -2.03. The van der Waals surface area contributed by atoms with Gasteiger partial charge in [-0.05, 0) is 39.0 Å². The summed E-state index contributed by atoms with van der Waals surface area (Å²) in [6.07, 6.45) is 11.8. The second-order valence-electron chi connectivity index (χ2n) is 5.88. The fourth-order valence-corrected chi connectivity index (χ4v) is 1.93. The Hall–Kier alpha value is -0.900. The Morgan fingerprint density at radius 2 is 1.45 bits per heavy atom. The Labute approximate surface area is 137 Å². The van der Waals surface area contributed by atoms with Crippen molar-refractivity contribution in [2.45, 2.75) is 91.4 Å². The van der Waals surface area contributed by atoms with Crippen molar-refractivity contribution in [2.24, 2.45) is 0 Å². The van der Waals surface area contributed by atoms with Crippen molar-refractivity contribution in [1.82, 2.24) is 5.32 Å². The van der Waals surface area contributed by atoms with Crippen LogP contribution in [-0.2, 0) is 9.59 Å². The number of hydrogen-bond donors (Lipinski definition) is 2. The van der Waals surface area contributed by atoms with Gasteiger partial charge in [-0.25, -0.2) is 0 Å². The minimum absolute atomic E-state index is 0.212. The smallest absolute Gasteiger partial charge is 0.219 e. The zero-order valence-corrected chi connectivity index (χ0v) is 15.2. The molecule has 0 bridgehead atoms. The maximum atomic E-state index is 11.2. The molecule has 132 valence electrons. The summed E-state index contributed by atoms with van der Waals surface area (Å²) in [6.45, 7) is 7.77. The van der Waals surface area contributed by atoms with E-state index in [2.05, 4.69) is 24.9 Å². The fourth-order valence-electron chi connectivity index (χ4n) is 1.93. The summed E-state index contributed by atoms with van der Waals surface area (Å²) < 4.78 is 0. The van der Waals surface area contributed by atoms with Crippen LogP contribution in [0.2, 0.25) is 0 Å². The lowest BCUT2D eigenvalue weighted by molar-refractivity contribution is -0.368. The van der Waals surface area contributed by atoms with Crippen molar-refractivity contribution in [3.63, 3.8) is 0 Å². The number of carbonyl (C=O) groups excluding carboxylic acids is 2. The van der Waals surface area contributed by atoms with Gasteiger partial charge in [-0.1, -0.05) is 39.5 Å². The Bertz CT molecular complexity index is 255. The number of ketones is 1. The summed E-state index contributed by atoms with van der Waals surface area (Å²) in [6, 6.07) is 0. The summed E-state index contributed by atoms with van der Waals surface area (Å²) in [7, 11) is 0. The SMILES string of the molecule is CCCCC(=O)NCCCCCC[NH3+].CCCCCC(C)=O. The average molecular weight is 316 g/mol. The third-order valence-electron chi connectivity index (χ3n) is 3.39. The number of hydrogen-bond acceptors (Lipinski definition) is 2. The molecule has 0 unspecified atom stereocenters. The molecular formula is C18H39N2O2+. The highest BCUT2D eigenvalue weighted by Gasteiger charge is 1.98. The van der Waals surface area contributed by atoms with Crippen LogP contribution in [0.4, 0.5) is 0 Å². The summed E-state index contributed by atoms with van der Waals surface area (Å²) in [5.74, 6) is 0.530. The normalized spacial score (nSPS) is 9.82. The van der Waals surface area contributed by atoms with E-state index in [1.807, 2.05) is 0 Å². The molecule has 1 amide bonds. The Balaban J connectivity index is 0. The van der Waals surface area contributed by atoms with Gasteiger partial charge < -0.3 is 15.8 Å². The number of unbranched alkanes of at least 4 members (excludes halogenated alkanes) is 6. The molecule has 0 aromatic rings. The summed E-state index contributed by atoms with van der Waals surface area (Å²) in [4.78, 5) is 21.5. The second-order valence-corrected chi connectivity index (χ2v) is 5.88. The molecule has 0 heterocycles. The van der Waals surface area contributed by atoms with Crippen LogP contribution in [0.5, 0.6) is 0 Å². The predicted molar refractivity (Wildman–Crippen MR) is 93.6 cm³/mol. The van der Waals surface area contributed by atoms with Crippen LogP contribution in [0.3, 0.4) is 0 Å². The van der Waals surface area contributed by atoms with Crippen LogP contribution >= 0.6 is 0 Å². The van der Waals surface area contributed by atoms with Gasteiger partial charge in [0.2, 0.25) is 5.91 Å². The number of quaternary nitrogens is 1. The summed E-state index contributed by atoms with van der Waals surface area (Å²) in [5.41, 5.74) is 3.80. The standard InChI is InChI=1S/C11H24N2O.C7H14O/c1-2-3-8-11(14)13-10-7-5-4-6-9-12;1-3-4-5-6-7(2)8/h2-10,12H2,1H3,(H,13,14);3-6H2,1-2H3/p+1. The van der Waals surface area contributed by atoms with E-state index in [4.69, 9.17) is 0 Å². The van der Waals surface area contributed by atoms with Crippen LogP contribution in [0.15, 0.2) is 0 Å². The van der Waals surface area contributed by atoms with Crippen molar-refractivity contribution in [3.8, 4) is 0 Å². The minimum Gasteiger partial charge on any atom is -0.358 e. The maximum absolute atomic E-state index is 11.2. The first kappa shape index (κ1) is 23.4. The first-order chi connectivity index (χ1) is 10.6. The lowest BCUT2D eigenvalue weighted by atomic mass is 10.2. The lowest BCUT2D eigenvalue weighted by Crippen LogP contribution is -2.50. The number of Topliss-reactive ketones (excluding diaryl/α,β-unsaturated/α-hetero) is 1. The highest BCUT2D eigenvalue weighted by atomic mass is 16.1. The van der Waals surface area contributed by atoms with Gasteiger partial charge in [0.15, 0.2) is 0 Å². The van der Waals surface area contributed by atoms with Crippen LogP contribution in [0.25, 0.3) is 0 Å². The predicted octanol–water partition coefficient (Wildman–Crippen LogP) is 3.25. The topological polar surface area (TPSA) is 73.8 Å². The zero-order valence-electron chi connectivity index (χ0n) is 15.2. The van der Waals surface area contributed by atoms with Crippen molar-refractivity contribution < 1.29 is 15.3 Å². The second kappa shape index (κ2) is 20.1. The number of amides is 1. The summed E-state index contributed by atoms with van der Waals surface area (Å²) in [5, 5.41) is 2.94. The van der Waals surface area contributed by atoms with Gasteiger partial charge in [-0.2, -0.15) is 0 Å². The molecule has 0 aromatic carbocycles. The molecule has 4 nitrogen and oxygen atoms in total. The monoisotopic (exact) mass is 315 g/mol. The first-order valence-electron chi connectivity index (χ1n) is 9.13. The van der Waals surface area contributed by atoms with Crippen molar-refractivity contribution in [1.29, 1.82) is 0 Å². The maximum Gasteiger partial charge on any atom is 0.219 e. The van der Waals surface area contributed by atoms with Crippen molar-refractivity contribution in [2.75, 3.05) is 13.1 Å². The summed E-state index contributed by atoms with van der Waals surface area (Å²) >= 11 is 0. The van der Waals surface area contributed by atoms with Crippen molar-refractivity contribution >= 4 is 11.7 Å². The van der Waals surface area contributed by atoms with Gasteiger partial charge in [0.1, 0.15) is 5.78 Å². The van der Waals surface area contributed by atoms with E-state index < -0.39 is 0 Å². The largest absolute Gasteiger partial charge is 0.358 e. The minimum atomic E-state index is 0.212. The van der Waals surface area contributed by atoms with Crippen LogP contribution < -0.4 is 11.1 Å². The number of carbonyl (C=O) groups is 2. The van der Waals surface area contributed by atoms with Crippen LogP contribution in [-0.4, -0.2) is 24.8 Å². The molecule has 0 spiro atoms. The van der Waals surface area contributed by atoms with Gasteiger partial charge in [0.05, 0.1) is 6.54 Å². The molecule has 0 aliphatic rings. The molecule has 0 fully saturated rings. The Morgan fingerprint density at radius 3 is 2.00 bits per heavy atom. The van der Waals surface area contributed by atoms with Gasteiger partial charge in [-0.3, -0.25) is 4.79 Å². The molecule has 0 aliphatic carbocycles. The average Bonchev–Trinajstić information content (AvgIpc) is 2.49. The van der Waals surface area contributed by atoms with Gasteiger partial charge >= 0.3 is 0 Å². The van der Waals surface area contributed by atoms with E-state index in [-0.39, 0.29) is 5.91 Å². The van der Waals surface area contributed by atoms with E-state index in [1.165, 1.54) is 32.1 Å². The fraction of sp³-hybridized carbons (Fsp3) is 0.889. The highest BCUT2D eigenvalue weighted by molar-refractivity contribution is 5.75. The molecule has 0 aliphatic heterocycles. The van der Waals surface area contributed by atoms with Gasteiger partial charge in [-0.15, -0.1) is 0 Å². The third-order valence-corrected chi connectivity index (χ3v) is 3.39. The highest BCUT2D eigenvalue weighted by Crippen LogP contribution is 1.98. The molecule has 0 saturated heterocycles. The molecule has 22 heavy (non-hydrogen) atoms. The third kappa shape index (κ3) is 24.1. The van der Waals surface area contributed by atoms with Crippen molar-refractivity contribution in [3.05, 3.63) is 0 Å². The van der Waals surface area contributed by atoms with E-state index in [9.17, 15) is 9.59 Å². The van der Waals surface area contributed by atoms with E-state index in [1.54, 1.807) is 6.92 Å². The molecule has 0 atom stereocenters. The van der Waals surface area contributed by atoms with E-state index in [0.29, 0.717) is 12.2 Å². The molecule has 4 heteroatoms. The van der Waals surface area contributed by atoms with Crippen LogP contribution in [0, 0.1) is 0 Å². The molecular weight excluding hydrogens is 276 g/mol. The zero-order chi connectivity index (χ0) is 17.1. The molecule has 4 N–H and O–H groups in total. The number of rotatable bonds is 13. The molecule has 0 saturated carbocycles. The van der Waals surface area contributed by atoms with Gasteiger partial charge in [0.25, 0.3) is 0 Å². The Kier molecular flexibility index (Phi) is 21.3. The first-order valence-corrected chi connectivity index (χ1v) is 9.13.